The molecule has 0 bridgehead atoms. The van der Waals surface area contributed by atoms with Crippen LogP contribution in [0.5, 0.6) is 0 Å². The molecule has 2 heterocycles. The molecule has 0 radical (unpaired) electrons. The molecule has 0 saturated carbocycles. The fourth-order valence-electron chi connectivity index (χ4n) is 2.92. The molecule has 2 aromatic carbocycles. The molecule has 2 aromatic heterocycles. The second-order valence-electron chi connectivity index (χ2n) is 6.86. The smallest absolute Gasteiger partial charge is 0.323 e. The molecular formula is C21H18FN7O. The van der Waals surface area contributed by atoms with Gasteiger partial charge in [0.2, 0.25) is 0 Å². The number of aryl methyl sites for hydroxylation is 1. The largest absolute Gasteiger partial charge is 0.331 e. The molecule has 2 amide bonds. The van der Waals surface area contributed by atoms with Gasteiger partial charge in [0, 0.05) is 36.3 Å². The summed E-state index contributed by atoms with van der Waals surface area (Å²) in [5.41, 5.74) is 4.00. The van der Waals surface area contributed by atoms with Crippen LogP contribution >= 0.6 is 0 Å². The van der Waals surface area contributed by atoms with Gasteiger partial charge in [-0.1, -0.05) is 6.07 Å². The minimum absolute atomic E-state index is 0.0529. The summed E-state index contributed by atoms with van der Waals surface area (Å²) < 4.78 is 13.5. The molecule has 9 heteroatoms. The first kappa shape index (κ1) is 19.3. The highest BCUT2D eigenvalue weighted by molar-refractivity contribution is 5.90. The van der Waals surface area contributed by atoms with Gasteiger partial charge in [0.15, 0.2) is 0 Å². The van der Waals surface area contributed by atoms with Crippen LogP contribution in [0.3, 0.4) is 0 Å². The molecule has 0 fully saturated rings. The molecule has 0 saturated heterocycles. The van der Waals surface area contributed by atoms with E-state index in [2.05, 4.69) is 30.5 Å². The Labute approximate surface area is 171 Å². The third-order valence-electron chi connectivity index (χ3n) is 4.54. The zero-order valence-corrected chi connectivity index (χ0v) is 16.6. The Morgan fingerprint density at radius 2 is 1.70 bits per heavy atom. The summed E-state index contributed by atoms with van der Waals surface area (Å²) >= 11 is 0. The molecular weight excluding hydrogens is 385 g/mol. The van der Waals surface area contributed by atoms with E-state index in [-0.39, 0.29) is 17.8 Å². The van der Waals surface area contributed by atoms with Crippen molar-refractivity contribution >= 4 is 22.9 Å². The maximum atomic E-state index is 13.5. The van der Waals surface area contributed by atoms with Gasteiger partial charge in [-0.2, -0.15) is 0 Å². The van der Waals surface area contributed by atoms with Crippen molar-refractivity contribution in [2.45, 2.75) is 6.92 Å². The van der Waals surface area contributed by atoms with E-state index < -0.39 is 0 Å². The topological polar surface area (TPSA) is 96.8 Å². The lowest BCUT2D eigenvalue weighted by Gasteiger charge is -2.13. The number of carbonyl (C=O) groups excluding carboxylic acids is 1. The van der Waals surface area contributed by atoms with E-state index in [0.717, 1.165) is 22.2 Å². The third kappa shape index (κ3) is 3.77. The van der Waals surface area contributed by atoms with Crippen molar-refractivity contribution in [1.82, 2.24) is 30.0 Å². The number of hydrogen-bond acceptors (Lipinski definition) is 6. The van der Waals surface area contributed by atoms with Gasteiger partial charge in [-0.05, 0) is 43.3 Å². The lowest BCUT2D eigenvalue weighted by molar-refractivity contribution is 0.230. The standard InChI is InChI=1S/C21H18FN7O/c1-12-16-10-14(6-9-17(16)24-11-23-12)19-18(13-4-7-15(22)8-5-13)25-20(28-27-19)26-21(30)29(2)3/h4-11H,1-3H3,(H,25,26,28,30). The minimum atomic E-state index is -0.381. The van der Waals surface area contributed by atoms with Gasteiger partial charge in [-0.3, -0.25) is 5.32 Å². The Kier molecular flexibility index (Phi) is 5.01. The Balaban J connectivity index is 1.87. The number of fused-ring (bicyclic) bond motifs is 1. The number of anilines is 1. The van der Waals surface area contributed by atoms with Gasteiger partial charge in [0.05, 0.1) is 5.52 Å². The van der Waals surface area contributed by atoms with Crippen molar-refractivity contribution in [3.63, 3.8) is 0 Å². The van der Waals surface area contributed by atoms with E-state index in [1.54, 1.807) is 26.2 Å². The van der Waals surface area contributed by atoms with Crippen molar-refractivity contribution in [1.29, 1.82) is 0 Å². The van der Waals surface area contributed by atoms with E-state index in [4.69, 9.17) is 0 Å². The second kappa shape index (κ2) is 7.78. The maximum absolute atomic E-state index is 13.5. The number of carbonyl (C=O) groups is 1. The van der Waals surface area contributed by atoms with E-state index in [9.17, 15) is 9.18 Å². The lowest BCUT2D eigenvalue weighted by atomic mass is 10.0. The number of nitrogens with zero attached hydrogens (tertiary/aromatic N) is 6. The molecule has 0 atom stereocenters. The summed E-state index contributed by atoms with van der Waals surface area (Å²) in [6.45, 7) is 1.90. The zero-order valence-electron chi connectivity index (χ0n) is 16.6. The molecule has 4 rings (SSSR count). The normalized spacial score (nSPS) is 10.8. The Hall–Kier alpha value is -4.01. The molecule has 30 heavy (non-hydrogen) atoms. The SMILES string of the molecule is Cc1ncnc2ccc(-c3nnc(NC(=O)N(C)C)nc3-c3ccc(F)cc3)cc12. The highest BCUT2D eigenvalue weighted by Gasteiger charge is 2.16. The van der Waals surface area contributed by atoms with Crippen molar-refractivity contribution in [2.75, 3.05) is 19.4 Å². The highest BCUT2D eigenvalue weighted by atomic mass is 19.1. The van der Waals surface area contributed by atoms with Crippen molar-refractivity contribution < 1.29 is 9.18 Å². The average Bonchev–Trinajstić information content (AvgIpc) is 2.74. The molecule has 150 valence electrons. The minimum Gasteiger partial charge on any atom is -0.331 e. The average molecular weight is 403 g/mol. The molecule has 0 aliphatic rings. The molecule has 0 spiro atoms. The van der Waals surface area contributed by atoms with Crippen molar-refractivity contribution in [3.8, 4) is 22.5 Å². The van der Waals surface area contributed by atoms with Gasteiger partial charge in [-0.25, -0.2) is 24.1 Å². The van der Waals surface area contributed by atoms with Gasteiger partial charge >= 0.3 is 6.03 Å². The van der Waals surface area contributed by atoms with Gasteiger partial charge < -0.3 is 4.90 Å². The first-order valence-electron chi connectivity index (χ1n) is 9.13. The maximum Gasteiger partial charge on any atom is 0.323 e. The first-order chi connectivity index (χ1) is 14.4. The van der Waals surface area contributed by atoms with E-state index in [1.807, 2.05) is 25.1 Å². The van der Waals surface area contributed by atoms with Crippen LogP contribution in [0.4, 0.5) is 15.1 Å². The fourth-order valence-corrected chi connectivity index (χ4v) is 2.92. The van der Waals surface area contributed by atoms with Gasteiger partial charge in [-0.15, -0.1) is 10.2 Å². The molecule has 1 N–H and O–H groups in total. The van der Waals surface area contributed by atoms with E-state index in [1.165, 1.54) is 23.4 Å². The molecule has 8 nitrogen and oxygen atoms in total. The molecule has 0 aliphatic carbocycles. The number of hydrogen-bond donors (Lipinski definition) is 1. The Morgan fingerprint density at radius 3 is 2.43 bits per heavy atom. The van der Waals surface area contributed by atoms with Crippen LogP contribution in [-0.4, -0.2) is 50.2 Å². The van der Waals surface area contributed by atoms with Crippen LogP contribution in [0.2, 0.25) is 0 Å². The Bertz CT molecular complexity index is 1240. The second-order valence-corrected chi connectivity index (χ2v) is 6.86. The predicted molar refractivity (Wildman–Crippen MR) is 111 cm³/mol. The number of urea groups is 1. The first-order valence-corrected chi connectivity index (χ1v) is 9.13. The summed E-state index contributed by atoms with van der Waals surface area (Å²) in [6, 6.07) is 11.2. The molecule has 0 unspecified atom stereocenters. The van der Waals surface area contributed by atoms with Crippen LogP contribution in [-0.2, 0) is 0 Å². The van der Waals surface area contributed by atoms with E-state index >= 15 is 0 Å². The Morgan fingerprint density at radius 1 is 0.967 bits per heavy atom. The quantitative estimate of drug-likeness (QED) is 0.560. The van der Waals surface area contributed by atoms with Crippen LogP contribution in [0.25, 0.3) is 33.4 Å². The number of aromatic nitrogens is 5. The van der Waals surface area contributed by atoms with Gasteiger partial charge in [0.1, 0.15) is 23.5 Å². The van der Waals surface area contributed by atoms with Crippen molar-refractivity contribution in [3.05, 3.63) is 60.3 Å². The number of rotatable bonds is 3. The van der Waals surface area contributed by atoms with Gasteiger partial charge in [0.25, 0.3) is 5.95 Å². The number of amides is 2. The summed E-state index contributed by atoms with van der Waals surface area (Å²) in [7, 11) is 3.22. The molecule has 4 aromatic rings. The van der Waals surface area contributed by atoms with Crippen LogP contribution in [0.15, 0.2) is 48.8 Å². The summed E-state index contributed by atoms with van der Waals surface area (Å²) in [4.78, 5) is 26.3. The monoisotopic (exact) mass is 403 g/mol. The highest BCUT2D eigenvalue weighted by Crippen LogP contribution is 2.31. The van der Waals surface area contributed by atoms with Crippen LogP contribution < -0.4 is 5.32 Å². The fraction of sp³-hybridized carbons (Fsp3) is 0.143. The summed E-state index contributed by atoms with van der Waals surface area (Å²) in [6.07, 6.45) is 1.52. The summed E-state index contributed by atoms with van der Waals surface area (Å²) in [5, 5.41) is 11.8. The van der Waals surface area contributed by atoms with Crippen molar-refractivity contribution in [2.24, 2.45) is 0 Å². The zero-order chi connectivity index (χ0) is 21.3. The van der Waals surface area contributed by atoms with Crippen LogP contribution in [0, 0.1) is 12.7 Å². The lowest BCUT2D eigenvalue weighted by Crippen LogP contribution is -2.28. The number of benzene rings is 2. The predicted octanol–water partition coefficient (Wildman–Crippen LogP) is 3.69. The number of nitrogens with one attached hydrogen (secondary N) is 1. The third-order valence-corrected chi connectivity index (χ3v) is 4.54. The summed E-state index contributed by atoms with van der Waals surface area (Å²) in [5.74, 6) is -0.306. The van der Waals surface area contributed by atoms with E-state index in [0.29, 0.717) is 17.0 Å². The molecule has 0 aliphatic heterocycles. The number of halogens is 1. The van der Waals surface area contributed by atoms with Crippen LogP contribution in [0.1, 0.15) is 5.69 Å².